The third kappa shape index (κ3) is 4.21. The van der Waals surface area contributed by atoms with Gasteiger partial charge in [-0.3, -0.25) is 4.79 Å². The molecule has 0 radical (unpaired) electrons. The molecule has 0 fully saturated rings. The number of fused-ring (bicyclic) bond motifs is 1. The monoisotopic (exact) mass is 459 g/mol. The van der Waals surface area contributed by atoms with Crippen molar-refractivity contribution in [2.24, 2.45) is 0 Å². The van der Waals surface area contributed by atoms with Crippen LogP contribution in [-0.2, 0) is 6.42 Å². The van der Waals surface area contributed by atoms with Crippen LogP contribution >= 0.6 is 23.2 Å². The fourth-order valence-electron chi connectivity index (χ4n) is 4.01. The van der Waals surface area contributed by atoms with Gasteiger partial charge in [0, 0.05) is 22.2 Å². The van der Waals surface area contributed by atoms with Gasteiger partial charge in [0.15, 0.2) is 11.5 Å². The second-order valence-corrected chi connectivity index (χ2v) is 8.14. The highest BCUT2D eigenvalue weighted by molar-refractivity contribution is 6.35. The second kappa shape index (κ2) is 8.77. The molecule has 3 aromatic rings. The molecule has 4 nitrogen and oxygen atoms in total. The number of rotatable bonds is 4. The van der Waals surface area contributed by atoms with Gasteiger partial charge in [0.05, 0.1) is 20.3 Å². The van der Waals surface area contributed by atoms with Crippen molar-refractivity contribution in [1.82, 2.24) is 4.90 Å². The zero-order valence-electron chi connectivity index (χ0n) is 17.0. The first kappa shape index (κ1) is 21.5. The van der Waals surface area contributed by atoms with Crippen LogP contribution in [0.2, 0.25) is 10.0 Å². The SMILES string of the molecule is COc1cc2c(cc1OC)[C@H](c1ccc(F)cc1)N(C(=O)c1cc(Cl)cc(Cl)c1)CC2. The first-order chi connectivity index (χ1) is 14.9. The summed E-state index contributed by atoms with van der Waals surface area (Å²) >= 11 is 12.3. The van der Waals surface area contributed by atoms with Gasteiger partial charge in [-0.15, -0.1) is 0 Å². The molecular formula is C24H20Cl2FNO3. The van der Waals surface area contributed by atoms with Gasteiger partial charge in [-0.2, -0.15) is 0 Å². The molecule has 0 bridgehead atoms. The van der Waals surface area contributed by atoms with Crippen LogP contribution in [-0.4, -0.2) is 31.6 Å². The molecule has 31 heavy (non-hydrogen) atoms. The molecule has 1 atom stereocenters. The van der Waals surface area contributed by atoms with Crippen LogP contribution in [0.5, 0.6) is 11.5 Å². The van der Waals surface area contributed by atoms with Gasteiger partial charge in [0.1, 0.15) is 5.82 Å². The van der Waals surface area contributed by atoms with Crippen LogP contribution in [0.25, 0.3) is 0 Å². The highest BCUT2D eigenvalue weighted by atomic mass is 35.5. The minimum Gasteiger partial charge on any atom is -0.493 e. The number of carbonyl (C=O) groups is 1. The molecule has 1 aliphatic heterocycles. The quantitative estimate of drug-likeness (QED) is 0.484. The van der Waals surface area contributed by atoms with Gasteiger partial charge in [0.2, 0.25) is 0 Å². The molecule has 1 amide bonds. The maximum atomic E-state index is 13.6. The van der Waals surface area contributed by atoms with Gasteiger partial charge in [0.25, 0.3) is 5.91 Å². The van der Waals surface area contributed by atoms with Crippen LogP contribution in [0.15, 0.2) is 54.6 Å². The van der Waals surface area contributed by atoms with Crippen LogP contribution in [0, 0.1) is 5.82 Å². The summed E-state index contributed by atoms with van der Waals surface area (Å²) in [5.41, 5.74) is 3.13. The number of amides is 1. The fraction of sp³-hybridized carbons (Fsp3) is 0.208. The molecule has 3 aromatic carbocycles. The Labute approximate surface area is 190 Å². The summed E-state index contributed by atoms with van der Waals surface area (Å²) in [4.78, 5) is 15.3. The summed E-state index contributed by atoms with van der Waals surface area (Å²) in [5, 5.41) is 0.774. The van der Waals surface area contributed by atoms with E-state index in [0.29, 0.717) is 40.1 Å². The maximum Gasteiger partial charge on any atom is 0.254 e. The van der Waals surface area contributed by atoms with Crippen LogP contribution in [0.4, 0.5) is 4.39 Å². The van der Waals surface area contributed by atoms with E-state index in [1.165, 1.54) is 12.1 Å². The molecule has 0 saturated heterocycles. The molecule has 160 valence electrons. The summed E-state index contributed by atoms with van der Waals surface area (Å²) in [6.45, 7) is 0.466. The lowest BCUT2D eigenvalue weighted by molar-refractivity contribution is 0.0694. The number of benzene rings is 3. The van der Waals surface area contributed by atoms with E-state index in [-0.39, 0.29) is 11.7 Å². The Kier molecular flexibility index (Phi) is 6.08. The van der Waals surface area contributed by atoms with Gasteiger partial charge >= 0.3 is 0 Å². The van der Waals surface area contributed by atoms with Crippen molar-refractivity contribution >= 4 is 29.1 Å². The second-order valence-electron chi connectivity index (χ2n) is 7.27. The molecule has 0 aliphatic carbocycles. The third-order valence-corrected chi connectivity index (χ3v) is 5.87. The lowest BCUT2D eigenvalue weighted by Crippen LogP contribution is -2.40. The summed E-state index contributed by atoms with van der Waals surface area (Å²) < 4.78 is 24.6. The van der Waals surface area contributed by atoms with Crippen molar-refractivity contribution in [3.63, 3.8) is 0 Å². The zero-order valence-corrected chi connectivity index (χ0v) is 18.5. The van der Waals surface area contributed by atoms with Crippen molar-refractivity contribution in [3.05, 3.63) is 92.7 Å². The molecule has 0 aromatic heterocycles. The van der Waals surface area contributed by atoms with E-state index in [4.69, 9.17) is 32.7 Å². The number of ether oxygens (including phenoxy) is 2. The third-order valence-electron chi connectivity index (χ3n) is 5.43. The molecule has 0 N–H and O–H groups in total. The number of methoxy groups -OCH3 is 2. The Morgan fingerprint density at radius 3 is 2.19 bits per heavy atom. The van der Waals surface area contributed by atoms with E-state index in [1.807, 2.05) is 12.1 Å². The maximum absolute atomic E-state index is 13.6. The molecule has 0 spiro atoms. The summed E-state index contributed by atoms with van der Waals surface area (Å²) in [6, 6.07) is 14.3. The van der Waals surface area contributed by atoms with Gasteiger partial charge in [-0.05, 0) is 65.6 Å². The molecule has 4 rings (SSSR count). The fourth-order valence-corrected chi connectivity index (χ4v) is 4.54. The average molecular weight is 460 g/mol. The van der Waals surface area contributed by atoms with E-state index >= 15 is 0 Å². The molecule has 1 aliphatic rings. The topological polar surface area (TPSA) is 38.8 Å². The average Bonchev–Trinajstić information content (AvgIpc) is 2.76. The molecule has 0 unspecified atom stereocenters. The van der Waals surface area contributed by atoms with E-state index < -0.39 is 6.04 Å². The Hall–Kier alpha value is -2.76. The van der Waals surface area contributed by atoms with E-state index in [1.54, 1.807) is 49.5 Å². The number of hydrogen-bond acceptors (Lipinski definition) is 3. The molecule has 0 saturated carbocycles. The summed E-state index contributed by atoms with van der Waals surface area (Å²) in [7, 11) is 3.15. The van der Waals surface area contributed by atoms with E-state index in [0.717, 1.165) is 16.7 Å². The van der Waals surface area contributed by atoms with Crippen molar-refractivity contribution in [2.45, 2.75) is 12.5 Å². The summed E-state index contributed by atoms with van der Waals surface area (Å²) in [6.07, 6.45) is 0.632. The number of nitrogens with zero attached hydrogens (tertiary/aromatic N) is 1. The van der Waals surface area contributed by atoms with Crippen LogP contribution in [0.3, 0.4) is 0 Å². The first-order valence-electron chi connectivity index (χ1n) is 9.68. The lowest BCUT2D eigenvalue weighted by Gasteiger charge is -2.38. The van der Waals surface area contributed by atoms with Crippen molar-refractivity contribution in [2.75, 3.05) is 20.8 Å². The smallest absolute Gasteiger partial charge is 0.254 e. The first-order valence-corrected chi connectivity index (χ1v) is 10.4. The van der Waals surface area contributed by atoms with Gasteiger partial charge in [-0.1, -0.05) is 35.3 Å². The highest BCUT2D eigenvalue weighted by Crippen LogP contribution is 2.41. The predicted octanol–water partition coefficient (Wildman–Crippen LogP) is 5.94. The molecular weight excluding hydrogens is 440 g/mol. The van der Waals surface area contributed by atoms with Crippen LogP contribution < -0.4 is 9.47 Å². The highest BCUT2D eigenvalue weighted by Gasteiger charge is 2.34. The van der Waals surface area contributed by atoms with E-state index in [2.05, 4.69) is 0 Å². The Morgan fingerprint density at radius 2 is 1.58 bits per heavy atom. The van der Waals surface area contributed by atoms with Crippen molar-refractivity contribution < 1.29 is 18.7 Å². The summed E-state index contributed by atoms with van der Waals surface area (Å²) in [5.74, 6) is 0.639. The standard InChI is InChI=1S/C24H20Cl2FNO3/c1-30-21-11-15-7-8-28(24(29)16-9-17(25)12-18(26)10-16)23(20(15)13-22(21)31-2)14-3-5-19(27)6-4-14/h3-6,9-13,23H,7-8H2,1-2H3/t23-/m0/s1. The minimum absolute atomic E-state index is 0.209. The number of carbonyl (C=O) groups excluding carboxylic acids is 1. The predicted molar refractivity (Wildman–Crippen MR) is 119 cm³/mol. The number of halogens is 3. The zero-order chi connectivity index (χ0) is 22.1. The van der Waals surface area contributed by atoms with Crippen molar-refractivity contribution in [3.8, 4) is 11.5 Å². The molecule has 1 heterocycles. The number of hydrogen-bond donors (Lipinski definition) is 0. The van der Waals surface area contributed by atoms with Crippen LogP contribution in [0.1, 0.15) is 33.1 Å². The van der Waals surface area contributed by atoms with Crippen molar-refractivity contribution in [1.29, 1.82) is 0 Å². The minimum atomic E-state index is -0.436. The normalized spacial score (nSPS) is 15.4. The van der Waals surface area contributed by atoms with E-state index in [9.17, 15) is 9.18 Å². The largest absolute Gasteiger partial charge is 0.493 e. The molecule has 7 heteroatoms. The Morgan fingerprint density at radius 1 is 0.968 bits per heavy atom. The van der Waals surface area contributed by atoms with Gasteiger partial charge < -0.3 is 14.4 Å². The Bertz CT molecular complexity index is 1110. The lowest BCUT2D eigenvalue weighted by atomic mass is 9.87. The Balaban J connectivity index is 1.86. The van der Waals surface area contributed by atoms with Gasteiger partial charge in [-0.25, -0.2) is 4.39 Å².